The van der Waals surface area contributed by atoms with Crippen LogP contribution < -0.4 is 10.5 Å². The minimum atomic E-state index is -1.25. The van der Waals surface area contributed by atoms with Gasteiger partial charge in [-0.1, -0.05) is 0 Å². The third-order valence-electron chi connectivity index (χ3n) is 3.87. The molecule has 0 unspecified atom stereocenters. The molecule has 0 bridgehead atoms. The Morgan fingerprint density at radius 1 is 1.27 bits per heavy atom. The van der Waals surface area contributed by atoms with Gasteiger partial charge in [-0.3, -0.25) is 9.36 Å². The van der Waals surface area contributed by atoms with Gasteiger partial charge in [-0.15, -0.1) is 0 Å². The molecule has 1 N–H and O–H groups in total. The Morgan fingerprint density at radius 3 is 2.59 bits per heavy atom. The number of fused-ring (bicyclic) bond motifs is 1. The van der Waals surface area contributed by atoms with Crippen LogP contribution >= 0.6 is 0 Å². The molecule has 2 aromatic rings. The van der Waals surface area contributed by atoms with Gasteiger partial charge in [-0.05, 0) is 48.7 Å². The lowest BCUT2D eigenvalue weighted by molar-refractivity contribution is 0.0694. The van der Waals surface area contributed by atoms with Gasteiger partial charge >= 0.3 is 5.97 Å². The molecule has 5 nitrogen and oxygen atoms in total. The monoisotopic (exact) mass is 302 g/mol. The molecule has 22 heavy (non-hydrogen) atoms. The minimum absolute atomic E-state index is 0.265. The number of pyridine rings is 1. The summed E-state index contributed by atoms with van der Waals surface area (Å²) < 4.78 is 14.5. The van der Waals surface area contributed by atoms with Gasteiger partial charge in [0.1, 0.15) is 17.2 Å². The molecule has 1 aliphatic heterocycles. The van der Waals surface area contributed by atoms with Crippen LogP contribution in [0, 0.1) is 5.82 Å². The molecule has 1 aromatic heterocycles. The highest BCUT2D eigenvalue weighted by molar-refractivity contribution is 5.88. The van der Waals surface area contributed by atoms with Crippen molar-refractivity contribution in [1.29, 1.82) is 0 Å². The Morgan fingerprint density at radius 2 is 1.95 bits per heavy atom. The average Bonchev–Trinajstić information content (AvgIpc) is 2.48. The SMILES string of the molecule is CN1CCCc2cc(C(=O)O)c(=O)n(-c3ccc(F)cc3)c21. The number of aromatic nitrogens is 1. The van der Waals surface area contributed by atoms with Crippen LogP contribution in [0.3, 0.4) is 0 Å². The van der Waals surface area contributed by atoms with E-state index >= 15 is 0 Å². The van der Waals surface area contributed by atoms with Gasteiger partial charge < -0.3 is 10.0 Å². The standard InChI is InChI=1S/C16H15FN2O3/c1-18-8-2-3-10-9-13(16(21)22)15(20)19(14(10)18)12-6-4-11(17)5-7-12/h4-7,9H,2-3,8H2,1H3,(H,21,22). The van der Waals surface area contributed by atoms with Crippen LogP contribution in [0.25, 0.3) is 5.69 Å². The van der Waals surface area contributed by atoms with Crippen LogP contribution in [0.2, 0.25) is 0 Å². The van der Waals surface area contributed by atoms with E-state index in [4.69, 9.17) is 0 Å². The van der Waals surface area contributed by atoms with Gasteiger partial charge in [-0.25, -0.2) is 9.18 Å². The number of hydrogen-bond donors (Lipinski definition) is 1. The number of rotatable bonds is 2. The van der Waals surface area contributed by atoms with Crippen molar-refractivity contribution in [1.82, 2.24) is 4.57 Å². The van der Waals surface area contributed by atoms with Crippen LogP contribution in [-0.4, -0.2) is 29.2 Å². The highest BCUT2D eigenvalue weighted by atomic mass is 19.1. The molecule has 0 amide bonds. The van der Waals surface area contributed by atoms with E-state index in [-0.39, 0.29) is 5.56 Å². The van der Waals surface area contributed by atoms with Crippen LogP contribution in [0.15, 0.2) is 35.1 Å². The number of nitrogens with zero attached hydrogens (tertiary/aromatic N) is 2. The number of hydrogen-bond acceptors (Lipinski definition) is 3. The van der Waals surface area contributed by atoms with Crippen molar-refractivity contribution in [2.45, 2.75) is 12.8 Å². The van der Waals surface area contributed by atoms with Gasteiger partial charge in [0.15, 0.2) is 0 Å². The zero-order chi connectivity index (χ0) is 15.9. The molecule has 2 heterocycles. The zero-order valence-electron chi connectivity index (χ0n) is 12.0. The summed E-state index contributed by atoms with van der Waals surface area (Å²) in [6.45, 7) is 0.778. The lowest BCUT2D eigenvalue weighted by Gasteiger charge is -2.30. The van der Waals surface area contributed by atoms with Gasteiger partial charge in [0, 0.05) is 13.6 Å². The molecule has 0 spiro atoms. The first-order chi connectivity index (χ1) is 10.5. The highest BCUT2D eigenvalue weighted by Crippen LogP contribution is 2.28. The van der Waals surface area contributed by atoms with Crippen molar-refractivity contribution < 1.29 is 14.3 Å². The summed E-state index contributed by atoms with van der Waals surface area (Å²) in [5.41, 5.74) is 0.402. The van der Waals surface area contributed by atoms with E-state index < -0.39 is 17.3 Å². The molecule has 0 aliphatic carbocycles. The Balaban J connectivity index is 2.35. The molecular weight excluding hydrogens is 287 g/mol. The summed E-state index contributed by atoms with van der Waals surface area (Å²) in [6.07, 6.45) is 1.60. The second-order valence-electron chi connectivity index (χ2n) is 5.35. The average molecular weight is 302 g/mol. The Labute approximate surface area is 126 Å². The first kappa shape index (κ1) is 14.3. The molecular formula is C16H15FN2O3. The van der Waals surface area contributed by atoms with Crippen molar-refractivity contribution in [3.63, 3.8) is 0 Å². The smallest absolute Gasteiger partial charge is 0.341 e. The molecule has 3 rings (SSSR count). The van der Waals surface area contributed by atoms with E-state index in [1.54, 1.807) is 0 Å². The molecule has 1 aromatic carbocycles. The van der Waals surface area contributed by atoms with Crippen molar-refractivity contribution in [3.05, 3.63) is 57.6 Å². The van der Waals surface area contributed by atoms with Gasteiger partial charge in [0.05, 0.1) is 5.69 Å². The van der Waals surface area contributed by atoms with Crippen LogP contribution in [0.5, 0.6) is 0 Å². The summed E-state index contributed by atoms with van der Waals surface area (Å²) in [4.78, 5) is 25.8. The molecule has 0 radical (unpaired) electrons. The zero-order valence-corrected chi connectivity index (χ0v) is 12.0. The predicted octanol–water partition coefficient (Wildman–Crippen LogP) is 2.06. The quantitative estimate of drug-likeness (QED) is 0.922. The van der Waals surface area contributed by atoms with Crippen molar-refractivity contribution in [2.24, 2.45) is 0 Å². The Bertz CT molecular complexity index is 796. The topological polar surface area (TPSA) is 62.5 Å². The second kappa shape index (κ2) is 5.29. The van der Waals surface area contributed by atoms with Gasteiger partial charge in [0.25, 0.3) is 5.56 Å². The number of carbonyl (C=O) groups is 1. The molecule has 1 aliphatic rings. The van der Waals surface area contributed by atoms with Crippen molar-refractivity contribution >= 4 is 11.8 Å². The maximum Gasteiger partial charge on any atom is 0.341 e. The summed E-state index contributed by atoms with van der Waals surface area (Å²) in [5.74, 6) is -0.988. The Kier molecular flexibility index (Phi) is 3.44. The summed E-state index contributed by atoms with van der Waals surface area (Å²) >= 11 is 0. The van der Waals surface area contributed by atoms with Gasteiger partial charge in [-0.2, -0.15) is 0 Å². The number of halogens is 1. The van der Waals surface area contributed by atoms with Crippen molar-refractivity contribution in [3.8, 4) is 5.69 Å². The van der Waals surface area contributed by atoms with E-state index in [0.717, 1.165) is 18.5 Å². The molecule has 0 saturated carbocycles. The number of benzene rings is 1. The van der Waals surface area contributed by atoms with Crippen molar-refractivity contribution in [2.75, 3.05) is 18.5 Å². The summed E-state index contributed by atoms with van der Waals surface area (Å²) in [7, 11) is 1.86. The number of aryl methyl sites for hydroxylation is 1. The van der Waals surface area contributed by atoms with E-state index in [2.05, 4.69) is 0 Å². The van der Waals surface area contributed by atoms with E-state index in [0.29, 0.717) is 17.9 Å². The molecule has 0 saturated heterocycles. The number of carboxylic acid groups (broad SMARTS) is 1. The molecule has 0 fully saturated rings. The molecule has 6 heteroatoms. The maximum atomic E-state index is 13.1. The number of aromatic carboxylic acids is 1. The molecule has 0 atom stereocenters. The number of anilines is 1. The van der Waals surface area contributed by atoms with E-state index in [1.807, 2.05) is 11.9 Å². The first-order valence-corrected chi connectivity index (χ1v) is 6.98. The Hall–Kier alpha value is -2.63. The fourth-order valence-electron chi connectivity index (χ4n) is 2.86. The summed E-state index contributed by atoms with van der Waals surface area (Å²) in [5, 5.41) is 9.26. The summed E-state index contributed by atoms with van der Waals surface area (Å²) in [6, 6.07) is 6.92. The van der Waals surface area contributed by atoms with Crippen LogP contribution in [0.4, 0.5) is 10.2 Å². The lowest BCUT2D eigenvalue weighted by atomic mass is 10.0. The highest BCUT2D eigenvalue weighted by Gasteiger charge is 2.24. The number of carboxylic acids is 1. The third kappa shape index (κ3) is 2.26. The third-order valence-corrected chi connectivity index (χ3v) is 3.87. The van der Waals surface area contributed by atoms with E-state index in [1.165, 1.54) is 34.9 Å². The minimum Gasteiger partial charge on any atom is -0.477 e. The lowest BCUT2D eigenvalue weighted by Crippen LogP contribution is -2.35. The largest absolute Gasteiger partial charge is 0.477 e. The fourth-order valence-corrected chi connectivity index (χ4v) is 2.86. The normalized spacial score (nSPS) is 13.8. The van der Waals surface area contributed by atoms with E-state index in [9.17, 15) is 19.1 Å². The second-order valence-corrected chi connectivity index (χ2v) is 5.35. The predicted molar refractivity (Wildman–Crippen MR) is 80.5 cm³/mol. The van der Waals surface area contributed by atoms with Gasteiger partial charge in [0.2, 0.25) is 0 Å². The van der Waals surface area contributed by atoms with Crippen LogP contribution in [-0.2, 0) is 6.42 Å². The maximum absolute atomic E-state index is 13.1. The fraction of sp³-hybridized carbons (Fsp3) is 0.250. The first-order valence-electron chi connectivity index (χ1n) is 6.98. The molecule has 114 valence electrons. The van der Waals surface area contributed by atoms with Crippen LogP contribution in [0.1, 0.15) is 22.3 Å².